The highest BCUT2D eigenvalue weighted by Crippen LogP contribution is 2.11. The molecule has 0 radical (unpaired) electrons. The summed E-state index contributed by atoms with van der Waals surface area (Å²) >= 11 is 0. The van der Waals surface area contributed by atoms with Gasteiger partial charge in [-0.2, -0.15) is 5.10 Å². The Morgan fingerprint density at radius 3 is 2.47 bits per heavy atom. The van der Waals surface area contributed by atoms with Crippen LogP contribution in [0.1, 0.15) is 27.6 Å². The summed E-state index contributed by atoms with van der Waals surface area (Å²) in [5.74, 6) is -0.0611. The Balaban J connectivity index is 2.28. The summed E-state index contributed by atoms with van der Waals surface area (Å²) in [5.41, 5.74) is 0.753. The zero-order valence-electron chi connectivity index (χ0n) is 9.23. The van der Waals surface area contributed by atoms with E-state index in [0.717, 1.165) is 0 Å². The molecular weight excluding hydrogens is 218 g/mol. The number of carbonyl (C=O) groups is 2. The van der Waals surface area contributed by atoms with Gasteiger partial charge in [-0.25, -0.2) is 0 Å². The zero-order chi connectivity index (χ0) is 12.3. The van der Waals surface area contributed by atoms with Crippen LogP contribution in [0.5, 0.6) is 0 Å². The summed E-state index contributed by atoms with van der Waals surface area (Å²) in [6.07, 6.45) is 1.60. The monoisotopic (exact) mass is 229 g/mol. The summed E-state index contributed by atoms with van der Waals surface area (Å²) in [4.78, 5) is 23.3. The van der Waals surface area contributed by atoms with Gasteiger partial charge in [0.1, 0.15) is 0 Å². The lowest BCUT2D eigenvalue weighted by Gasteiger charge is -2.05. The van der Waals surface area contributed by atoms with Gasteiger partial charge in [-0.1, -0.05) is 18.2 Å². The van der Waals surface area contributed by atoms with Gasteiger partial charge in [0.2, 0.25) is 0 Å². The minimum atomic E-state index is -0.345. The van der Waals surface area contributed by atoms with Crippen LogP contribution < -0.4 is 5.32 Å². The van der Waals surface area contributed by atoms with E-state index in [-0.39, 0.29) is 11.7 Å². The maximum absolute atomic E-state index is 11.9. The number of hydrogen-bond donors (Lipinski definition) is 2. The number of nitrogens with zero attached hydrogens (tertiary/aromatic N) is 1. The number of aromatic nitrogens is 2. The summed E-state index contributed by atoms with van der Waals surface area (Å²) < 4.78 is 0. The first-order chi connectivity index (χ1) is 8.18. The number of H-pyrrole nitrogens is 1. The third-order valence-corrected chi connectivity index (χ3v) is 2.29. The van der Waals surface area contributed by atoms with Crippen molar-refractivity contribution in [3.63, 3.8) is 0 Å². The fourth-order valence-electron chi connectivity index (χ4n) is 1.50. The van der Waals surface area contributed by atoms with Gasteiger partial charge >= 0.3 is 0 Å². The van der Waals surface area contributed by atoms with Crippen molar-refractivity contribution >= 4 is 17.5 Å². The van der Waals surface area contributed by atoms with Gasteiger partial charge in [0, 0.05) is 17.8 Å². The van der Waals surface area contributed by atoms with Crippen molar-refractivity contribution in [1.29, 1.82) is 0 Å². The highest BCUT2D eigenvalue weighted by atomic mass is 16.2. The molecule has 2 N–H and O–H groups in total. The molecule has 5 nitrogen and oxygen atoms in total. The predicted octanol–water partition coefficient (Wildman–Crippen LogP) is 1.86. The van der Waals surface area contributed by atoms with Crippen molar-refractivity contribution in [1.82, 2.24) is 10.2 Å². The molecule has 2 rings (SSSR count). The summed E-state index contributed by atoms with van der Waals surface area (Å²) in [6.45, 7) is 1.43. The fraction of sp³-hybridized carbons (Fsp3) is 0.0833. The Morgan fingerprint density at radius 1 is 1.18 bits per heavy atom. The molecule has 0 atom stereocenters. The van der Waals surface area contributed by atoms with Gasteiger partial charge in [-0.15, -0.1) is 0 Å². The lowest BCUT2D eigenvalue weighted by atomic mass is 10.0. The molecule has 5 heteroatoms. The van der Waals surface area contributed by atoms with Crippen molar-refractivity contribution < 1.29 is 9.59 Å². The molecule has 0 fully saturated rings. The highest BCUT2D eigenvalue weighted by molar-refractivity contribution is 6.11. The van der Waals surface area contributed by atoms with E-state index in [1.54, 1.807) is 36.5 Å². The molecular formula is C12H11N3O2. The second kappa shape index (κ2) is 4.61. The first-order valence-corrected chi connectivity index (χ1v) is 5.09. The maximum Gasteiger partial charge on any atom is 0.257 e. The number of hydrogen-bond acceptors (Lipinski definition) is 3. The van der Waals surface area contributed by atoms with Crippen LogP contribution in [0.2, 0.25) is 0 Å². The normalized spacial score (nSPS) is 9.94. The molecule has 86 valence electrons. The number of carbonyl (C=O) groups excluding carboxylic acids is 2. The first-order valence-electron chi connectivity index (χ1n) is 5.09. The van der Waals surface area contributed by atoms with E-state index in [1.807, 2.05) is 0 Å². The fourth-order valence-corrected chi connectivity index (χ4v) is 1.50. The van der Waals surface area contributed by atoms with Crippen LogP contribution in [-0.2, 0) is 0 Å². The maximum atomic E-state index is 11.9. The lowest BCUT2D eigenvalue weighted by molar-refractivity contribution is 0.0985. The molecule has 0 aliphatic rings. The highest BCUT2D eigenvalue weighted by Gasteiger charge is 2.14. The Hall–Kier alpha value is -2.43. The molecule has 0 unspecified atom stereocenters. The Morgan fingerprint density at radius 2 is 1.88 bits per heavy atom. The topological polar surface area (TPSA) is 74.8 Å². The average Bonchev–Trinajstić information content (AvgIpc) is 2.81. The first kappa shape index (κ1) is 11.1. The number of anilines is 1. The second-order valence-corrected chi connectivity index (χ2v) is 3.52. The Kier molecular flexibility index (Phi) is 3.00. The number of nitrogens with one attached hydrogen (secondary N) is 2. The second-order valence-electron chi connectivity index (χ2n) is 3.52. The quantitative estimate of drug-likeness (QED) is 0.789. The Labute approximate surface area is 97.9 Å². The molecule has 17 heavy (non-hydrogen) atoms. The van der Waals surface area contributed by atoms with E-state index in [0.29, 0.717) is 16.9 Å². The van der Waals surface area contributed by atoms with Crippen LogP contribution in [0.3, 0.4) is 0 Å². The van der Waals surface area contributed by atoms with Gasteiger partial charge in [0.15, 0.2) is 11.6 Å². The molecule has 0 spiro atoms. The van der Waals surface area contributed by atoms with Crippen LogP contribution >= 0.6 is 0 Å². The number of Topliss-reactive ketones (excluding diaryl/α,β-unsaturated/α-hetero) is 1. The molecule has 1 heterocycles. The van der Waals surface area contributed by atoms with E-state index in [1.165, 1.54) is 6.92 Å². The third kappa shape index (κ3) is 2.39. The SMILES string of the molecule is CC(=O)c1ccccc1C(=O)Nc1cc[nH]n1. The standard InChI is InChI=1S/C12H11N3O2/c1-8(16)9-4-2-3-5-10(9)12(17)14-11-6-7-13-15-11/h2-7H,1H3,(H2,13,14,15,17). The molecule has 0 bridgehead atoms. The summed E-state index contributed by atoms with van der Waals surface area (Å²) in [5, 5.41) is 9.01. The van der Waals surface area contributed by atoms with E-state index in [9.17, 15) is 9.59 Å². The van der Waals surface area contributed by atoms with Crippen molar-refractivity contribution in [2.45, 2.75) is 6.92 Å². The average molecular weight is 229 g/mol. The van der Waals surface area contributed by atoms with Gasteiger partial charge in [-0.05, 0) is 13.0 Å². The van der Waals surface area contributed by atoms with E-state index >= 15 is 0 Å². The van der Waals surface area contributed by atoms with Crippen LogP contribution in [0.4, 0.5) is 5.82 Å². The van der Waals surface area contributed by atoms with Crippen molar-refractivity contribution in [2.75, 3.05) is 5.32 Å². The van der Waals surface area contributed by atoms with Crippen LogP contribution in [-0.4, -0.2) is 21.9 Å². The number of rotatable bonds is 3. The number of benzene rings is 1. The molecule has 0 aliphatic carbocycles. The molecule has 0 saturated carbocycles. The molecule has 1 aromatic carbocycles. The number of ketones is 1. The molecule has 0 saturated heterocycles. The van der Waals surface area contributed by atoms with E-state index in [4.69, 9.17) is 0 Å². The molecule has 1 aromatic heterocycles. The smallest absolute Gasteiger partial charge is 0.257 e. The largest absolute Gasteiger partial charge is 0.305 e. The van der Waals surface area contributed by atoms with Crippen molar-refractivity contribution in [3.05, 3.63) is 47.7 Å². The predicted molar refractivity (Wildman–Crippen MR) is 63.0 cm³/mol. The minimum absolute atomic E-state index is 0.141. The Bertz CT molecular complexity index is 547. The van der Waals surface area contributed by atoms with Gasteiger partial charge < -0.3 is 5.32 Å². The summed E-state index contributed by atoms with van der Waals surface area (Å²) in [6, 6.07) is 8.31. The number of aromatic amines is 1. The van der Waals surface area contributed by atoms with Crippen LogP contribution in [0.25, 0.3) is 0 Å². The lowest BCUT2D eigenvalue weighted by Crippen LogP contribution is -2.15. The molecule has 2 aromatic rings. The molecule has 1 amide bonds. The third-order valence-electron chi connectivity index (χ3n) is 2.29. The van der Waals surface area contributed by atoms with Crippen LogP contribution in [0.15, 0.2) is 36.5 Å². The van der Waals surface area contributed by atoms with Crippen molar-refractivity contribution in [2.24, 2.45) is 0 Å². The minimum Gasteiger partial charge on any atom is -0.305 e. The van der Waals surface area contributed by atoms with E-state index in [2.05, 4.69) is 15.5 Å². The summed E-state index contributed by atoms with van der Waals surface area (Å²) in [7, 11) is 0. The molecule has 0 aliphatic heterocycles. The van der Waals surface area contributed by atoms with Crippen molar-refractivity contribution in [3.8, 4) is 0 Å². The zero-order valence-corrected chi connectivity index (χ0v) is 9.23. The van der Waals surface area contributed by atoms with E-state index < -0.39 is 0 Å². The number of amides is 1. The van der Waals surface area contributed by atoms with Gasteiger partial charge in [-0.3, -0.25) is 14.7 Å². The van der Waals surface area contributed by atoms with Gasteiger partial charge in [0.05, 0.1) is 5.56 Å². The van der Waals surface area contributed by atoms with Crippen LogP contribution in [0, 0.1) is 0 Å². The van der Waals surface area contributed by atoms with Gasteiger partial charge in [0.25, 0.3) is 5.91 Å².